The highest BCUT2D eigenvalue weighted by molar-refractivity contribution is 8.21. The number of hydrogen-bond donors (Lipinski definition) is 1. The van der Waals surface area contributed by atoms with Gasteiger partial charge >= 0.3 is 5.97 Å². The SMILES string of the molecule is CCOC(=O)[C@](CC#N)(NP(=S)(c1ccccc1)c1ccccc1)c1ccccc1. The van der Waals surface area contributed by atoms with Crippen LogP contribution < -0.4 is 15.7 Å². The van der Waals surface area contributed by atoms with Gasteiger partial charge in [0, 0.05) is 10.6 Å². The Bertz CT molecular complexity index is 1030. The van der Waals surface area contributed by atoms with Crippen LogP contribution in [0.2, 0.25) is 0 Å². The van der Waals surface area contributed by atoms with Crippen LogP contribution in [0.15, 0.2) is 91.0 Å². The van der Waals surface area contributed by atoms with Crippen LogP contribution in [0, 0.1) is 11.3 Å². The number of nitrogens with zero attached hydrogens (tertiary/aromatic N) is 1. The smallest absolute Gasteiger partial charge is 0.332 e. The zero-order valence-electron chi connectivity index (χ0n) is 16.7. The van der Waals surface area contributed by atoms with Crippen molar-refractivity contribution in [2.24, 2.45) is 0 Å². The summed E-state index contributed by atoms with van der Waals surface area (Å²) in [5.41, 5.74) is -0.723. The number of hydrogen-bond acceptors (Lipinski definition) is 4. The van der Waals surface area contributed by atoms with Crippen LogP contribution in [-0.4, -0.2) is 12.6 Å². The van der Waals surface area contributed by atoms with Crippen molar-refractivity contribution in [1.29, 1.82) is 5.26 Å². The largest absolute Gasteiger partial charge is 0.464 e. The van der Waals surface area contributed by atoms with Crippen molar-refractivity contribution >= 4 is 34.6 Å². The maximum absolute atomic E-state index is 13.3. The van der Waals surface area contributed by atoms with E-state index in [1.165, 1.54) is 0 Å². The maximum atomic E-state index is 13.3. The Balaban J connectivity index is 2.25. The summed E-state index contributed by atoms with van der Waals surface area (Å²) in [6.07, 6.45) is -2.79. The zero-order chi connectivity index (χ0) is 21.5. The van der Waals surface area contributed by atoms with E-state index in [0.717, 1.165) is 10.6 Å². The minimum Gasteiger partial charge on any atom is -0.464 e. The summed E-state index contributed by atoms with van der Waals surface area (Å²) in [6.45, 7) is 1.96. The Morgan fingerprint density at radius 3 is 1.87 bits per heavy atom. The van der Waals surface area contributed by atoms with Gasteiger partial charge in [0.2, 0.25) is 0 Å². The second-order valence-electron chi connectivity index (χ2n) is 6.72. The topological polar surface area (TPSA) is 62.1 Å². The van der Waals surface area contributed by atoms with E-state index >= 15 is 0 Å². The Labute approximate surface area is 182 Å². The van der Waals surface area contributed by atoms with Crippen molar-refractivity contribution in [2.45, 2.75) is 18.9 Å². The van der Waals surface area contributed by atoms with E-state index < -0.39 is 17.7 Å². The molecule has 0 fully saturated rings. The Kier molecular flexibility index (Phi) is 7.18. The summed E-state index contributed by atoms with van der Waals surface area (Å²) >= 11 is 6.28. The molecule has 0 aromatic heterocycles. The fourth-order valence-corrected chi connectivity index (χ4v) is 7.14. The summed E-state index contributed by atoms with van der Waals surface area (Å²) in [4.78, 5) is 13.3. The van der Waals surface area contributed by atoms with Crippen LogP contribution in [0.5, 0.6) is 0 Å². The first-order valence-corrected chi connectivity index (χ1v) is 12.5. The first-order chi connectivity index (χ1) is 14.6. The molecule has 152 valence electrons. The molecule has 3 aromatic carbocycles. The average molecular weight is 435 g/mol. The van der Waals surface area contributed by atoms with Gasteiger partial charge in [-0.25, -0.2) is 4.79 Å². The summed E-state index contributed by atoms with van der Waals surface area (Å²) in [6, 6.07) is 30.8. The molecule has 0 aliphatic carbocycles. The van der Waals surface area contributed by atoms with Crippen LogP contribution in [0.1, 0.15) is 18.9 Å². The predicted octanol–water partition coefficient (Wildman–Crippen LogP) is 3.99. The second kappa shape index (κ2) is 9.82. The molecule has 3 rings (SSSR count). The average Bonchev–Trinajstić information content (AvgIpc) is 2.80. The van der Waals surface area contributed by atoms with Crippen molar-refractivity contribution in [3.8, 4) is 6.07 Å². The summed E-state index contributed by atoms with van der Waals surface area (Å²) in [5, 5.41) is 15.0. The summed E-state index contributed by atoms with van der Waals surface area (Å²) < 4.78 is 5.45. The minimum atomic E-state index is -2.69. The van der Waals surface area contributed by atoms with Crippen molar-refractivity contribution in [3.63, 3.8) is 0 Å². The zero-order valence-corrected chi connectivity index (χ0v) is 18.4. The molecular weight excluding hydrogens is 411 g/mol. The molecular formula is C24H23N2O2PS. The lowest BCUT2D eigenvalue weighted by atomic mass is 9.88. The molecule has 0 unspecified atom stereocenters. The lowest BCUT2D eigenvalue weighted by molar-refractivity contribution is -0.150. The van der Waals surface area contributed by atoms with Crippen LogP contribution in [0.4, 0.5) is 0 Å². The van der Waals surface area contributed by atoms with Gasteiger partial charge in [-0.05, 0) is 12.5 Å². The van der Waals surface area contributed by atoms with Crippen LogP contribution >= 0.6 is 6.19 Å². The molecule has 0 aliphatic rings. The number of ether oxygens (including phenoxy) is 1. The fourth-order valence-electron chi connectivity index (χ4n) is 3.36. The highest BCUT2D eigenvalue weighted by Crippen LogP contribution is 2.45. The van der Waals surface area contributed by atoms with Crippen molar-refractivity contribution in [1.82, 2.24) is 5.09 Å². The number of rotatable bonds is 8. The van der Waals surface area contributed by atoms with E-state index in [9.17, 15) is 10.1 Å². The summed E-state index contributed by atoms with van der Waals surface area (Å²) in [7, 11) is 0. The van der Waals surface area contributed by atoms with Crippen LogP contribution in [0.3, 0.4) is 0 Å². The standard InChI is InChI=1S/C24H23N2O2PS/c1-2-28-23(27)24(18-19-25,20-12-6-3-7-13-20)26-29(30,21-14-8-4-9-15-21)22-16-10-5-11-17-22/h3-17H,2,18H2,1H3,(H,26,30)/t24-/m1/s1. The van der Waals surface area contributed by atoms with E-state index in [-0.39, 0.29) is 13.0 Å². The molecule has 0 heterocycles. The third kappa shape index (κ3) is 4.37. The normalized spacial score (nSPS) is 13.1. The molecule has 3 aromatic rings. The second-order valence-corrected chi connectivity index (χ2v) is 10.8. The fraction of sp³-hybridized carbons (Fsp3) is 0.167. The van der Waals surface area contributed by atoms with Gasteiger partial charge in [0.1, 0.15) is 0 Å². The van der Waals surface area contributed by atoms with Gasteiger partial charge < -0.3 is 4.74 Å². The monoisotopic (exact) mass is 434 g/mol. The molecule has 4 nitrogen and oxygen atoms in total. The number of benzene rings is 3. The van der Waals surface area contributed by atoms with E-state index in [1.807, 2.05) is 91.0 Å². The van der Waals surface area contributed by atoms with Crippen molar-refractivity contribution in [3.05, 3.63) is 96.6 Å². The molecule has 0 aliphatic heterocycles. The van der Waals surface area contributed by atoms with Gasteiger partial charge in [-0.2, -0.15) is 5.26 Å². The first-order valence-electron chi connectivity index (χ1n) is 9.67. The third-order valence-electron chi connectivity index (χ3n) is 4.82. The number of nitriles is 1. The number of carbonyl (C=O) groups is 1. The van der Waals surface area contributed by atoms with Gasteiger partial charge in [-0.1, -0.05) is 103 Å². The molecule has 0 saturated carbocycles. The molecule has 0 spiro atoms. The first kappa shape index (κ1) is 21.9. The molecule has 0 amide bonds. The molecule has 0 saturated heterocycles. The van der Waals surface area contributed by atoms with Gasteiger partial charge in [0.15, 0.2) is 5.54 Å². The summed E-state index contributed by atoms with van der Waals surface area (Å²) in [5.74, 6) is -0.501. The van der Waals surface area contributed by atoms with E-state index in [0.29, 0.717) is 5.56 Å². The predicted molar refractivity (Wildman–Crippen MR) is 125 cm³/mol. The van der Waals surface area contributed by atoms with Gasteiger partial charge in [0.25, 0.3) is 0 Å². The lowest BCUT2D eigenvalue weighted by Gasteiger charge is -2.37. The molecule has 1 atom stereocenters. The van der Waals surface area contributed by atoms with Crippen LogP contribution in [0.25, 0.3) is 0 Å². The van der Waals surface area contributed by atoms with Crippen LogP contribution in [-0.2, 0) is 26.9 Å². The Hall–Kier alpha value is -2.77. The molecule has 30 heavy (non-hydrogen) atoms. The lowest BCUT2D eigenvalue weighted by Crippen LogP contribution is -2.51. The van der Waals surface area contributed by atoms with Gasteiger partial charge in [-0.3, -0.25) is 5.09 Å². The van der Waals surface area contributed by atoms with Crippen molar-refractivity contribution in [2.75, 3.05) is 6.61 Å². The van der Waals surface area contributed by atoms with Gasteiger partial charge in [-0.15, -0.1) is 0 Å². The minimum absolute atomic E-state index is 0.103. The third-order valence-corrected chi connectivity index (χ3v) is 9.11. The number of carbonyl (C=O) groups excluding carboxylic acids is 1. The molecule has 0 radical (unpaired) electrons. The quantitative estimate of drug-likeness (QED) is 0.429. The molecule has 1 N–H and O–H groups in total. The maximum Gasteiger partial charge on any atom is 0.332 e. The van der Waals surface area contributed by atoms with Gasteiger partial charge in [0.05, 0.1) is 25.3 Å². The molecule has 0 bridgehead atoms. The number of nitrogens with one attached hydrogen (secondary N) is 1. The number of esters is 1. The molecule has 6 heteroatoms. The Morgan fingerprint density at radius 1 is 0.967 bits per heavy atom. The highest BCUT2D eigenvalue weighted by Gasteiger charge is 2.46. The highest BCUT2D eigenvalue weighted by atomic mass is 32.4. The Morgan fingerprint density at radius 2 is 1.43 bits per heavy atom. The van der Waals surface area contributed by atoms with E-state index in [4.69, 9.17) is 16.5 Å². The van der Waals surface area contributed by atoms with Crippen molar-refractivity contribution < 1.29 is 9.53 Å². The van der Waals surface area contributed by atoms with E-state index in [1.54, 1.807) is 6.92 Å². The van der Waals surface area contributed by atoms with E-state index in [2.05, 4.69) is 11.2 Å².